The molecule has 0 aliphatic carbocycles. The highest BCUT2D eigenvalue weighted by Gasteiger charge is 2.38. The van der Waals surface area contributed by atoms with Crippen molar-refractivity contribution in [1.82, 2.24) is 9.62 Å². The molecule has 1 aliphatic heterocycles. The first kappa shape index (κ1) is 18.4. The predicted molar refractivity (Wildman–Crippen MR) is 88.1 cm³/mol. The van der Waals surface area contributed by atoms with E-state index in [0.717, 1.165) is 0 Å². The Morgan fingerprint density at radius 3 is 2.29 bits per heavy atom. The maximum Gasteiger partial charge on any atom is 0.308 e. The van der Waals surface area contributed by atoms with Crippen LogP contribution < -0.4 is 4.72 Å². The first-order valence-electron chi connectivity index (χ1n) is 7.79. The lowest BCUT2D eigenvalue weighted by molar-refractivity contribution is -0.142. The van der Waals surface area contributed by atoms with Crippen LogP contribution in [0.4, 0.5) is 0 Å². The molecule has 1 aromatic carbocycles. The molecule has 1 fully saturated rings. The van der Waals surface area contributed by atoms with Crippen LogP contribution in [0.5, 0.6) is 0 Å². The highest BCUT2D eigenvalue weighted by Crippen LogP contribution is 2.26. The molecule has 2 atom stereocenters. The Kier molecular flexibility index (Phi) is 5.29. The molecule has 0 saturated carbocycles. The van der Waals surface area contributed by atoms with E-state index in [1.165, 1.54) is 29.2 Å². The number of sulfonamides is 1. The number of carboxylic acid groups (broad SMARTS) is 1. The molecule has 1 aliphatic rings. The van der Waals surface area contributed by atoms with Gasteiger partial charge in [0.2, 0.25) is 10.0 Å². The molecule has 1 aromatic rings. The van der Waals surface area contributed by atoms with Crippen molar-refractivity contribution in [2.45, 2.75) is 44.2 Å². The second-order valence-electron chi connectivity index (χ2n) is 6.27. The van der Waals surface area contributed by atoms with Crippen molar-refractivity contribution in [3.8, 4) is 0 Å². The van der Waals surface area contributed by atoms with E-state index in [1.807, 2.05) is 0 Å². The fraction of sp³-hybridized carbons (Fsp3) is 0.500. The highest BCUT2D eigenvalue weighted by molar-refractivity contribution is 7.89. The van der Waals surface area contributed by atoms with E-state index in [0.29, 0.717) is 18.5 Å². The Bertz CT molecular complexity index is 727. The highest BCUT2D eigenvalue weighted by atomic mass is 32.2. The van der Waals surface area contributed by atoms with Gasteiger partial charge >= 0.3 is 5.97 Å². The first-order chi connectivity index (χ1) is 11.1. The zero-order valence-corrected chi connectivity index (χ0v) is 14.7. The Balaban J connectivity index is 2.17. The monoisotopic (exact) mass is 354 g/mol. The Hall–Kier alpha value is -1.93. The summed E-state index contributed by atoms with van der Waals surface area (Å²) in [7, 11) is -3.60. The van der Waals surface area contributed by atoms with Gasteiger partial charge in [-0.05, 0) is 51.5 Å². The number of carbonyl (C=O) groups excluding carboxylic acids is 1. The summed E-state index contributed by atoms with van der Waals surface area (Å²) in [6, 6.07) is 5.06. The molecular formula is C16H22N2O5S. The molecule has 0 aromatic heterocycles. The normalized spacial score (nSPS) is 21.2. The van der Waals surface area contributed by atoms with E-state index in [2.05, 4.69) is 4.72 Å². The average molecular weight is 354 g/mol. The average Bonchev–Trinajstić information content (AvgIpc) is 2.87. The van der Waals surface area contributed by atoms with Crippen molar-refractivity contribution in [1.29, 1.82) is 0 Å². The lowest BCUT2D eigenvalue weighted by atomic mass is 10.0. The van der Waals surface area contributed by atoms with Crippen LogP contribution in [0.3, 0.4) is 0 Å². The molecule has 1 heterocycles. The predicted octanol–water partition coefficient (Wildman–Crippen LogP) is 1.31. The van der Waals surface area contributed by atoms with E-state index < -0.39 is 21.9 Å². The summed E-state index contributed by atoms with van der Waals surface area (Å²) in [6.45, 7) is 5.55. The van der Waals surface area contributed by atoms with Crippen LogP contribution in [0.15, 0.2) is 29.2 Å². The van der Waals surface area contributed by atoms with Crippen LogP contribution in [0.2, 0.25) is 0 Å². The molecule has 1 amide bonds. The molecule has 1 saturated heterocycles. The lowest BCUT2D eigenvalue weighted by Gasteiger charge is -2.23. The zero-order valence-electron chi connectivity index (χ0n) is 13.9. The zero-order chi connectivity index (χ0) is 18.1. The van der Waals surface area contributed by atoms with Gasteiger partial charge in [-0.3, -0.25) is 9.59 Å². The second kappa shape index (κ2) is 6.90. The van der Waals surface area contributed by atoms with Crippen LogP contribution in [-0.4, -0.2) is 48.9 Å². The maximum absolute atomic E-state index is 12.5. The number of nitrogens with one attached hydrogen (secondary N) is 1. The van der Waals surface area contributed by atoms with Gasteiger partial charge in [0.15, 0.2) is 0 Å². The number of rotatable bonds is 5. The van der Waals surface area contributed by atoms with E-state index >= 15 is 0 Å². The number of likely N-dealkylation sites (tertiary alicyclic amines) is 1. The van der Waals surface area contributed by atoms with Gasteiger partial charge in [-0.2, -0.15) is 0 Å². The van der Waals surface area contributed by atoms with Crippen molar-refractivity contribution >= 4 is 21.9 Å². The molecule has 132 valence electrons. The summed E-state index contributed by atoms with van der Waals surface area (Å²) in [6.07, 6.45) is 0.424. The summed E-state index contributed by atoms with van der Waals surface area (Å²) in [4.78, 5) is 25.3. The second-order valence-corrected chi connectivity index (χ2v) is 7.99. The van der Waals surface area contributed by atoms with E-state index in [4.69, 9.17) is 5.11 Å². The number of amides is 1. The van der Waals surface area contributed by atoms with Gasteiger partial charge in [0, 0.05) is 24.2 Å². The summed E-state index contributed by atoms with van der Waals surface area (Å²) < 4.78 is 26.6. The number of nitrogens with zero attached hydrogens (tertiary/aromatic N) is 1. The Labute approximate surface area is 141 Å². The summed E-state index contributed by atoms with van der Waals surface area (Å²) >= 11 is 0. The van der Waals surface area contributed by atoms with Gasteiger partial charge in [0.1, 0.15) is 0 Å². The summed E-state index contributed by atoms with van der Waals surface area (Å²) in [5.74, 6) is -1.75. The molecule has 7 nitrogen and oxygen atoms in total. The third kappa shape index (κ3) is 3.76. The molecule has 2 unspecified atom stereocenters. The van der Waals surface area contributed by atoms with Gasteiger partial charge in [-0.1, -0.05) is 0 Å². The van der Waals surface area contributed by atoms with E-state index in [1.54, 1.807) is 20.8 Å². The molecule has 0 radical (unpaired) electrons. The number of carbonyl (C=O) groups is 2. The van der Waals surface area contributed by atoms with Crippen LogP contribution in [0.25, 0.3) is 0 Å². The quantitative estimate of drug-likeness (QED) is 0.830. The minimum atomic E-state index is -3.60. The van der Waals surface area contributed by atoms with Gasteiger partial charge in [-0.25, -0.2) is 13.1 Å². The third-order valence-corrected chi connectivity index (χ3v) is 5.81. The van der Waals surface area contributed by atoms with E-state index in [-0.39, 0.29) is 22.9 Å². The topological polar surface area (TPSA) is 104 Å². The van der Waals surface area contributed by atoms with Crippen molar-refractivity contribution in [2.75, 3.05) is 6.54 Å². The minimum Gasteiger partial charge on any atom is -0.481 e. The fourth-order valence-corrected chi connectivity index (χ4v) is 4.13. The number of hydrogen-bond acceptors (Lipinski definition) is 4. The minimum absolute atomic E-state index is 0.0885. The fourth-order valence-electron chi connectivity index (χ4n) is 2.88. The molecule has 24 heavy (non-hydrogen) atoms. The third-order valence-electron chi connectivity index (χ3n) is 4.14. The van der Waals surface area contributed by atoms with Gasteiger partial charge in [-0.15, -0.1) is 0 Å². The van der Waals surface area contributed by atoms with Gasteiger partial charge < -0.3 is 10.0 Å². The van der Waals surface area contributed by atoms with Gasteiger partial charge in [0.05, 0.1) is 10.8 Å². The maximum atomic E-state index is 12.5. The number of benzene rings is 1. The van der Waals surface area contributed by atoms with Crippen molar-refractivity contribution in [2.24, 2.45) is 5.92 Å². The molecule has 2 rings (SSSR count). The van der Waals surface area contributed by atoms with Crippen LogP contribution in [0.1, 0.15) is 37.6 Å². The van der Waals surface area contributed by atoms with Crippen molar-refractivity contribution < 1.29 is 23.1 Å². The van der Waals surface area contributed by atoms with E-state index in [9.17, 15) is 18.0 Å². The lowest BCUT2D eigenvalue weighted by Crippen LogP contribution is -2.37. The molecule has 8 heteroatoms. The molecule has 0 spiro atoms. The van der Waals surface area contributed by atoms with Gasteiger partial charge in [0.25, 0.3) is 5.91 Å². The SMILES string of the molecule is CC(C)NS(=O)(=O)c1ccc(C(=O)N2CCC(C(=O)O)C2C)cc1. The van der Waals surface area contributed by atoms with Crippen LogP contribution in [0, 0.1) is 5.92 Å². The smallest absolute Gasteiger partial charge is 0.308 e. The first-order valence-corrected chi connectivity index (χ1v) is 9.28. The van der Waals surface area contributed by atoms with Crippen molar-refractivity contribution in [3.63, 3.8) is 0 Å². The van der Waals surface area contributed by atoms with Crippen LogP contribution >= 0.6 is 0 Å². The Morgan fingerprint density at radius 2 is 1.83 bits per heavy atom. The Morgan fingerprint density at radius 1 is 1.25 bits per heavy atom. The number of carboxylic acids is 1. The number of hydrogen-bond donors (Lipinski definition) is 2. The largest absolute Gasteiger partial charge is 0.481 e. The van der Waals surface area contributed by atoms with Crippen LogP contribution in [-0.2, 0) is 14.8 Å². The summed E-state index contributed by atoms with van der Waals surface area (Å²) in [5.41, 5.74) is 0.344. The molecule has 0 bridgehead atoms. The molecular weight excluding hydrogens is 332 g/mol. The summed E-state index contributed by atoms with van der Waals surface area (Å²) in [5, 5.41) is 9.14. The molecule has 2 N–H and O–H groups in total. The standard InChI is InChI=1S/C16H22N2O5S/c1-10(2)17-24(22,23)13-6-4-12(5-7-13)15(19)18-9-8-14(11(18)3)16(20)21/h4-7,10-11,14,17H,8-9H2,1-3H3,(H,20,21). The number of aliphatic carboxylic acids is 1. The van der Waals surface area contributed by atoms with Crippen molar-refractivity contribution in [3.05, 3.63) is 29.8 Å².